The van der Waals surface area contributed by atoms with E-state index in [2.05, 4.69) is 4.72 Å². The zero-order chi connectivity index (χ0) is 18.8. The van der Waals surface area contributed by atoms with Crippen molar-refractivity contribution in [2.45, 2.75) is 11.4 Å². The molecule has 8 heteroatoms. The number of sulfonamides is 1. The van der Waals surface area contributed by atoms with Crippen LogP contribution >= 0.6 is 0 Å². The van der Waals surface area contributed by atoms with Crippen molar-refractivity contribution >= 4 is 20.0 Å². The minimum Gasteiger partial charge on any atom is -0.249 e. The van der Waals surface area contributed by atoms with E-state index in [9.17, 15) is 16.8 Å². The van der Waals surface area contributed by atoms with Gasteiger partial charge >= 0.3 is 0 Å². The molecule has 0 saturated carbocycles. The molecule has 3 rings (SSSR count). The zero-order valence-corrected chi connectivity index (χ0v) is 15.7. The van der Waals surface area contributed by atoms with Gasteiger partial charge in [-0.15, -0.1) is 0 Å². The lowest BCUT2D eigenvalue weighted by molar-refractivity contribution is 0.586. The van der Waals surface area contributed by atoms with Crippen LogP contribution in [0.2, 0.25) is 0 Å². The second-order valence-corrected chi connectivity index (χ2v) is 9.52. The normalized spacial score (nSPS) is 12.2. The zero-order valence-electron chi connectivity index (χ0n) is 14.0. The lowest BCUT2D eigenvalue weighted by Crippen LogP contribution is -2.21. The molecule has 0 amide bonds. The topological polar surface area (TPSA) is 85.2 Å². The molecule has 0 aliphatic carbocycles. The number of nitrogens with zero attached hydrogens (tertiary/aromatic N) is 1. The third kappa shape index (κ3) is 4.21. The van der Waals surface area contributed by atoms with Crippen LogP contribution in [0.4, 0.5) is 0 Å². The molecule has 3 aromatic rings. The summed E-state index contributed by atoms with van der Waals surface area (Å²) >= 11 is 0. The number of aromatic nitrogens is 1. The van der Waals surface area contributed by atoms with Crippen molar-refractivity contribution in [2.24, 2.45) is 0 Å². The molecule has 1 heterocycles. The van der Waals surface area contributed by atoms with Gasteiger partial charge in [0.25, 0.3) is 10.0 Å². The fourth-order valence-corrected chi connectivity index (χ4v) is 4.17. The summed E-state index contributed by atoms with van der Waals surface area (Å²) in [6.07, 6.45) is 4.07. The van der Waals surface area contributed by atoms with Gasteiger partial charge < -0.3 is 0 Å². The van der Waals surface area contributed by atoms with E-state index in [1.165, 1.54) is 16.4 Å². The van der Waals surface area contributed by atoms with Gasteiger partial charge in [-0.05, 0) is 47.0 Å². The smallest absolute Gasteiger partial charge is 0.249 e. The molecule has 0 fully saturated rings. The van der Waals surface area contributed by atoms with Crippen molar-refractivity contribution < 1.29 is 16.8 Å². The molecule has 26 heavy (non-hydrogen) atoms. The first-order valence-electron chi connectivity index (χ1n) is 7.78. The molecule has 6 nitrogen and oxygen atoms in total. The van der Waals surface area contributed by atoms with Crippen LogP contribution in [-0.2, 0) is 26.6 Å². The quantitative estimate of drug-likeness (QED) is 0.701. The van der Waals surface area contributed by atoms with Crippen molar-refractivity contribution in [1.29, 1.82) is 0 Å². The maximum absolute atomic E-state index is 12.6. The van der Waals surface area contributed by atoms with E-state index in [0.717, 1.165) is 22.9 Å². The summed E-state index contributed by atoms with van der Waals surface area (Å²) in [5, 5.41) is 0. The number of hydrogen-bond acceptors (Lipinski definition) is 4. The van der Waals surface area contributed by atoms with Gasteiger partial charge in [0, 0.05) is 18.9 Å². The first-order chi connectivity index (χ1) is 12.3. The lowest BCUT2D eigenvalue weighted by Gasteiger charge is -2.09. The molecule has 1 aromatic heterocycles. The summed E-state index contributed by atoms with van der Waals surface area (Å²) < 4.78 is 51.4. The molecule has 0 saturated heterocycles. The standard InChI is InChI=1S/C18H18N2O4S2/c1-25(21,22)19-14-15-6-4-7-16(12-15)17-8-5-9-18(13-17)26(23,24)20-10-2-3-11-20/h2-13,19H,14H2,1H3. The minimum atomic E-state index is -3.64. The monoisotopic (exact) mass is 390 g/mol. The summed E-state index contributed by atoms with van der Waals surface area (Å²) in [7, 11) is -6.92. The average Bonchev–Trinajstić information content (AvgIpc) is 3.15. The van der Waals surface area contributed by atoms with Crippen molar-refractivity contribution in [3.8, 4) is 11.1 Å². The Hall–Kier alpha value is -2.42. The number of nitrogens with one attached hydrogen (secondary N) is 1. The summed E-state index contributed by atoms with van der Waals surface area (Å²) in [6.45, 7) is 0.175. The highest BCUT2D eigenvalue weighted by atomic mass is 32.2. The predicted molar refractivity (Wildman–Crippen MR) is 101 cm³/mol. The molecule has 1 N–H and O–H groups in total. The number of benzene rings is 2. The van der Waals surface area contributed by atoms with E-state index in [1.54, 1.807) is 30.3 Å². The van der Waals surface area contributed by atoms with Crippen LogP contribution in [-0.4, -0.2) is 27.1 Å². The second-order valence-electron chi connectivity index (χ2n) is 5.84. The van der Waals surface area contributed by atoms with Gasteiger partial charge in [0.05, 0.1) is 11.2 Å². The SMILES string of the molecule is CS(=O)(=O)NCc1cccc(-c2cccc(S(=O)(=O)n3cccc3)c2)c1. The molecule has 0 unspecified atom stereocenters. The molecule has 0 atom stereocenters. The number of hydrogen-bond donors (Lipinski definition) is 1. The lowest BCUT2D eigenvalue weighted by atomic mass is 10.0. The first-order valence-corrected chi connectivity index (χ1v) is 11.1. The average molecular weight is 390 g/mol. The first kappa shape index (κ1) is 18.4. The Kier molecular flexibility index (Phi) is 4.99. The summed E-state index contributed by atoms with van der Waals surface area (Å²) in [5.74, 6) is 0. The van der Waals surface area contributed by atoms with Crippen LogP contribution in [0, 0.1) is 0 Å². The van der Waals surface area contributed by atoms with Crippen molar-refractivity contribution in [2.75, 3.05) is 6.26 Å². The maximum atomic E-state index is 12.6. The van der Waals surface area contributed by atoms with Gasteiger partial charge in [0.15, 0.2) is 0 Å². The molecule has 136 valence electrons. The summed E-state index contributed by atoms with van der Waals surface area (Å²) in [6, 6.07) is 17.3. The van der Waals surface area contributed by atoms with E-state index in [-0.39, 0.29) is 11.4 Å². The van der Waals surface area contributed by atoms with Gasteiger partial charge in [-0.3, -0.25) is 0 Å². The van der Waals surface area contributed by atoms with Crippen molar-refractivity contribution in [3.05, 3.63) is 78.6 Å². The maximum Gasteiger partial charge on any atom is 0.267 e. The van der Waals surface area contributed by atoms with Crippen LogP contribution in [0.15, 0.2) is 78.0 Å². The molecule has 2 aromatic carbocycles. The Balaban J connectivity index is 1.94. The molecule has 0 bridgehead atoms. The Morgan fingerprint density at radius 2 is 1.46 bits per heavy atom. The van der Waals surface area contributed by atoms with Crippen LogP contribution in [0.3, 0.4) is 0 Å². The van der Waals surface area contributed by atoms with Gasteiger partial charge in [-0.1, -0.05) is 30.3 Å². The summed E-state index contributed by atoms with van der Waals surface area (Å²) in [5.41, 5.74) is 2.33. The highest BCUT2D eigenvalue weighted by Crippen LogP contribution is 2.24. The van der Waals surface area contributed by atoms with E-state index in [0.29, 0.717) is 0 Å². The Bertz CT molecular complexity index is 1120. The number of rotatable bonds is 6. The van der Waals surface area contributed by atoms with Crippen LogP contribution in [0.5, 0.6) is 0 Å². The predicted octanol–water partition coefficient (Wildman–Crippen LogP) is 2.44. The van der Waals surface area contributed by atoms with Crippen molar-refractivity contribution in [1.82, 2.24) is 8.69 Å². The van der Waals surface area contributed by atoms with Gasteiger partial charge in [0.2, 0.25) is 10.0 Å². The molecular formula is C18H18N2O4S2. The van der Waals surface area contributed by atoms with Gasteiger partial charge in [-0.25, -0.2) is 25.5 Å². The van der Waals surface area contributed by atoms with Crippen LogP contribution in [0.1, 0.15) is 5.56 Å². The van der Waals surface area contributed by atoms with Gasteiger partial charge in [-0.2, -0.15) is 0 Å². The van der Waals surface area contributed by atoms with E-state index in [4.69, 9.17) is 0 Å². The molecule has 0 aliphatic heterocycles. The molecule has 0 spiro atoms. The van der Waals surface area contributed by atoms with Crippen LogP contribution < -0.4 is 4.72 Å². The summed E-state index contributed by atoms with van der Waals surface area (Å²) in [4.78, 5) is 0.186. The third-order valence-corrected chi connectivity index (χ3v) is 6.10. The molecular weight excluding hydrogens is 372 g/mol. The highest BCUT2D eigenvalue weighted by molar-refractivity contribution is 7.90. The van der Waals surface area contributed by atoms with E-state index in [1.807, 2.05) is 30.3 Å². The fraction of sp³-hybridized carbons (Fsp3) is 0.111. The van der Waals surface area contributed by atoms with Crippen molar-refractivity contribution in [3.63, 3.8) is 0 Å². The Morgan fingerprint density at radius 1 is 0.846 bits per heavy atom. The van der Waals surface area contributed by atoms with E-state index < -0.39 is 20.0 Å². The Labute approximate surface area is 153 Å². The van der Waals surface area contributed by atoms with Crippen LogP contribution in [0.25, 0.3) is 11.1 Å². The second kappa shape index (κ2) is 7.06. The molecule has 0 radical (unpaired) electrons. The van der Waals surface area contributed by atoms with Gasteiger partial charge in [0.1, 0.15) is 0 Å². The highest BCUT2D eigenvalue weighted by Gasteiger charge is 2.16. The van der Waals surface area contributed by atoms with E-state index >= 15 is 0 Å². The fourth-order valence-electron chi connectivity index (χ4n) is 2.51. The molecule has 0 aliphatic rings. The Morgan fingerprint density at radius 3 is 2.12 bits per heavy atom. The third-order valence-electron chi connectivity index (χ3n) is 3.79. The largest absolute Gasteiger partial charge is 0.267 e. The minimum absolute atomic E-state index is 0.175.